The van der Waals surface area contributed by atoms with Crippen molar-refractivity contribution in [1.82, 2.24) is 14.8 Å². The monoisotopic (exact) mass is 368 g/mol. The van der Waals surface area contributed by atoms with Crippen molar-refractivity contribution >= 4 is 15.9 Å². The van der Waals surface area contributed by atoms with Gasteiger partial charge in [0.1, 0.15) is 0 Å². The Morgan fingerprint density at radius 3 is 2.64 bits per heavy atom. The van der Waals surface area contributed by atoms with Crippen molar-refractivity contribution in [2.45, 2.75) is 36.4 Å². The third-order valence-corrected chi connectivity index (χ3v) is 5.74. The minimum absolute atomic E-state index is 0.0215. The average molecular weight is 368 g/mol. The van der Waals surface area contributed by atoms with Crippen molar-refractivity contribution < 1.29 is 17.9 Å². The molecule has 2 aliphatic rings. The molecule has 2 saturated heterocycles. The van der Waals surface area contributed by atoms with E-state index in [1.165, 1.54) is 31.2 Å². The van der Waals surface area contributed by atoms with Crippen molar-refractivity contribution in [1.29, 1.82) is 0 Å². The summed E-state index contributed by atoms with van der Waals surface area (Å²) in [5.41, 5.74) is 0.357. The third-order valence-electron chi connectivity index (χ3n) is 4.91. The summed E-state index contributed by atoms with van der Waals surface area (Å²) in [4.78, 5) is 20.9. The number of methoxy groups -OCH3 is 1. The Morgan fingerprint density at radius 2 is 2.08 bits per heavy atom. The standard InChI is InChI=1S/C16H24N4O4S/c1-24-14-8-13(10-19-6-2-3-7-19)20(11-14)16(21)12-4-5-15(18-9-12)25(17,22)23/h4-5,9,13-14H,2-3,6-8,10-11H2,1H3,(H2,17,22,23)/t13-,14-/m0/s1. The Morgan fingerprint density at radius 1 is 1.36 bits per heavy atom. The Balaban J connectivity index is 1.75. The molecule has 0 spiro atoms. The lowest BCUT2D eigenvalue weighted by Gasteiger charge is -2.28. The molecule has 0 bridgehead atoms. The van der Waals surface area contributed by atoms with Gasteiger partial charge in [0.2, 0.25) is 0 Å². The molecule has 2 atom stereocenters. The number of rotatable bonds is 5. The zero-order chi connectivity index (χ0) is 18.0. The van der Waals surface area contributed by atoms with E-state index in [-0.39, 0.29) is 23.1 Å². The van der Waals surface area contributed by atoms with Crippen molar-refractivity contribution in [3.8, 4) is 0 Å². The van der Waals surface area contributed by atoms with Crippen LogP contribution in [-0.2, 0) is 14.8 Å². The average Bonchev–Trinajstić information content (AvgIpc) is 3.23. The van der Waals surface area contributed by atoms with Gasteiger partial charge in [-0.1, -0.05) is 0 Å². The molecule has 0 radical (unpaired) electrons. The van der Waals surface area contributed by atoms with E-state index in [0.29, 0.717) is 12.1 Å². The van der Waals surface area contributed by atoms with Crippen LogP contribution in [0.5, 0.6) is 0 Å². The van der Waals surface area contributed by atoms with Gasteiger partial charge >= 0.3 is 0 Å². The second-order valence-electron chi connectivity index (χ2n) is 6.64. The number of aromatic nitrogens is 1. The molecule has 0 unspecified atom stereocenters. The molecule has 138 valence electrons. The van der Waals surface area contributed by atoms with E-state index < -0.39 is 10.0 Å². The highest BCUT2D eigenvalue weighted by Gasteiger charge is 2.37. The number of pyridine rings is 1. The highest BCUT2D eigenvalue weighted by Crippen LogP contribution is 2.24. The van der Waals surface area contributed by atoms with E-state index in [1.807, 2.05) is 4.90 Å². The molecule has 1 amide bonds. The van der Waals surface area contributed by atoms with Crippen molar-refractivity contribution in [3.63, 3.8) is 0 Å². The lowest BCUT2D eigenvalue weighted by atomic mass is 10.1. The van der Waals surface area contributed by atoms with Gasteiger partial charge < -0.3 is 14.5 Å². The first-order valence-electron chi connectivity index (χ1n) is 8.43. The van der Waals surface area contributed by atoms with Gasteiger partial charge in [-0.25, -0.2) is 18.5 Å². The molecule has 3 rings (SSSR count). The fraction of sp³-hybridized carbons (Fsp3) is 0.625. The van der Waals surface area contributed by atoms with Gasteiger partial charge in [-0.2, -0.15) is 0 Å². The number of primary sulfonamides is 1. The summed E-state index contributed by atoms with van der Waals surface area (Å²) in [7, 11) is -2.21. The number of hydrogen-bond donors (Lipinski definition) is 1. The number of carbonyl (C=O) groups excluding carboxylic acids is 1. The smallest absolute Gasteiger partial charge is 0.255 e. The summed E-state index contributed by atoms with van der Waals surface area (Å²) in [5, 5.41) is 4.81. The maximum atomic E-state index is 12.9. The van der Waals surface area contributed by atoms with Crippen molar-refractivity contribution in [2.24, 2.45) is 5.14 Å². The van der Waals surface area contributed by atoms with Gasteiger partial charge in [0.25, 0.3) is 15.9 Å². The van der Waals surface area contributed by atoms with Crippen LogP contribution in [0.3, 0.4) is 0 Å². The number of likely N-dealkylation sites (tertiary alicyclic amines) is 2. The van der Waals surface area contributed by atoms with Gasteiger partial charge in [-0.15, -0.1) is 0 Å². The number of sulfonamides is 1. The summed E-state index contributed by atoms with van der Waals surface area (Å²) in [6.07, 6.45) is 4.50. The quantitative estimate of drug-likeness (QED) is 0.787. The van der Waals surface area contributed by atoms with Crippen LogP contribution in [0.1, 0.15) is 29.6 Å². The molecule has 0 aromatic carbocycles. The predicted octanol–water partition coefficient (Wildman–Crippen LogP) is 0.0543. The van der Waals surface area contributed by atoms with Gasteiger partial charge in [0.05, 0.1) is 11.7 Å². The summed E-state index contributed by atoms with van der Waals surface area (Å²) < 4.78 is 28.1. The highest BCUT2D eigenvalue weighted by molar-refractivity contribution is 7.89. The second kappa shape index (κ2) is 7.36. The molecule has 2 fully saturated rings. The molecule has 0 saturated carbocycles. The maximum absolute atomic E-state index is 12.9. The zero-order valence-corrected chi connectivity index (χ0v) is 15.1. The van der Waals surface area contributed by atoms with Crippen molar-refractivity contribution in [2.75, 3.05) is 33.3 Å². The first-order chi connectivity index (χ1) is 11.9. The topological polar surface area (TPSA) is 106 Å². The number of carbonyl (C=O) groups is 1. The Bertz CT molecular complexity index is 716. The maximum Gasteiger partial charge on any atom is 0.255 e. The SMILES string of the molecule is CO[C@H]1C[C@@H](CN2CCCC2)N(C(=O)c2ccc(S(N)(=O)=O)nc2)C1. The summed E-state index contributed by atoms with van der Waals surface area (Å²) >= 11 is 0. The Hall–Kier alpha value is -1.55. The Labute approximate surface area is 148 Å². The number of amides is 1. The predicted molar refractivity (Wildman–Crippen MR) is 91.5 cm³/mol. The normalized spacial score (nSPS) is 24.8. The second-order valence-corrected chi connectivity index (χ2v) is 8.15. The van der Waals surface area contributed by atoms with Crippen LogP contribution in [0.25, 0.3) is 0 Å². The van der Waals surface area contributed by atoms with Crippen molar-refractivity contribution in [3.05, 3.63) is 23.9 Å². The van der Waals surface area contributed by atoms with Crippen LogP contribution in [-0.4, -0.2) is 74.5 Å². The molecule has 2 N–H and O–H groups in total. The molecule has 25 heavy (non-hydrogen) atoms. The first-order valence-corrected chi connectivity index (χ1v) is 9.98. The fourth-order valence-corrected chi connectivity index (χ4v) is 4.03. The van der Waals surface area contributed by atoms with E-state index in [9.17, 15) is 13.2 Å². The third kappa shape index (κ3) is 4.17. The fourth-order valence-electron chi connectivity index (χ4n) is 3.57. The minimum atomic E-state index is -3.87. The molecule has 9 heteroatoms. The highest BCUT2D eigenvalue weighted by atomic mass is 32.2. The lowest BCUT2D eigenvalue weighted by Crippen LogP contribution is -2.42. The number of nitrogens with zero attached hydrogens (tertiary/aromatic N) is 3. The van der Waals surface area contributed by atoms with E-state index in [4.69, 9.17) is 9.88 Å². The molecule has 8 nitrogen and oxygen atoms in total. The zero-order valence-electron chi connectivity index (χ0n) is 14.3. The summed E-state index contributed by atoms with van der Waals surface area (Å²) in [6, 6.07) is 2.82. The molecule has 0 aliphatic carbocycles. The summed E-state index contributed by atoms with van der Waals surface area (Å²) in [6.45, 7) is 3.51. The van der Waals surface area contributed by atoms with Gasteiger partial charge in [0.15, 0.2) is 5.03 Å². The van der Waals surface area contributed by atoms with E-state index >= 15 is 0 Å². The lowest BCUT2D eigenvalue weighted by molar-refractivity contribution is 0.0669. The van der Waals surface area contributed by atoms with Crippen LogP contribution >= 0.6 is 0 Å². The first kappa shape index (κ1) is 18.2. The van der Waals surface area contributed by atoms with E-state index in [0.717, 1.165) is 26.1 Å². The molecular formula is C16H24N4O4S. The molecule has 1 aromatic rings. The van der Waals surface area contributed by atoms with Gasteiger partial charge in [0, 0.05) is 32.4 Å². The van der Waals surface area contributed by atoms with Gasteiger partial charge in [-0.3, -0.25) is 4.79 Å². The van der Waals surface area contributed by atoms with E-state index in [2.05, 4.69) is 9.88 Å². The number of hydrogen-bond acceptors (Lipinski definition) is 6. The van der Waals surface area contributed by atoms with Crippen LogP contribution in [0, 0.1) is 0 Å². The molecule has 1 aromatic heterocycles. The minimum Gasteiger partial charge on any atom is -0.380 e. The van der Waals surface area contributed by atoms with Crippen LogP contribution in [0.2, 0.25) is 0 Å². The number of ether oxygens (including phenoxy) is 1. The summed E-state index contributed by atoms with van der Waals surface area (Å²) in [5.74, 6) is -0.155. The molecule has 3 heterocycles. The van der Waals surface area contributed by atoms with Crippen LogP contribution in [0.15, 0.2) is 23.4 Å². The van der Waals surface area contributed by atoms with Gasteiger partial charge in [-0.05, 0) is 44.5 Å². The van der Waals surface area contributed by atoms with E-state index in [1.54, 1.807) is 7.11 Å². The Kier molecular flexibility index (Phi) is 5.38. The van der Waals surface area contributed by atoms with Crippen LogP contribution in [0.4, 0.5) is 0 Å². The molecular weight excluding hydrogens is 344 g/mol. The number of nitrogens with two attached hydrogens (primary N) is 1. The van der Waals surface area contributed by atoms with Crippen LogP contribution < -0.4 is 5.14 Å². The molecule has 2 aliphatic heterocycles. The largest absolute Gasteiger partial charge is 0.380 e.